The third-order valence-electron chi connectivity index (χ3n) is 3.25. The highest BCUT2D eigenvalue weighted by molar-refractivity contribution is 9.10. The van der Waals surface area contributed by atoms with Crippen molar-refractivity contribution in [2.75, 3.05) is 19.1 Å². The predicted molar refractivity (Wildman–Crippen MR) is 84.6 cm³/mol. The number of anilines is 1. The van der Waals surface area contributed by atoms with Crippen LogP contribution in [-0.4, -0.2) is 20.1 Å². The van der Waals surface area contributed by atoms with Crippen LogP contribution in [0.25, 0.3) is 0 Å². The van der Waals surface area contributed by atoms with E-state index in [1.165, 1.54) is 0 Å². The molecule has 4 heteroatoms. The number of amides is 1. The number of nitrogens with zero attached hydrogens (tertiary/aromatic N) is 1. The van der Waals surface area contributed by atoms with Crippen molar-refractivity contribution in [2.24, 2.45) is 0 Å². The second-order valence-electron chi connectivity index (χ2n) is 4.45. The molecule has 0 aliphatic heterocycles. The van der Waals surface area contributed by atoms with E-state index >= 15 is 0 Å². The highest BCUT2D eigenvalue weighted by Gasteiger charge is 2.18. The van der Waals surface area contributed by atoms with Crippen molar-refractivity contribution < 1.29 is 9.53 Å². The van der Waals surface area contributed by atoms with Gasteiger partial charge >= 0.3 is 0 Å². The normalized spacial score (nSPS) is 10.2. The molecule has 0 aliphatic rings. The molecule has 0 fully saturated rings. The summed E-state index contributed by atoms with van der Waals surface area (Å²) in [6.45, 7) is 1.92. The Hall–Kier alpha value is -1.81. The summed E-state index contributed by atoms with van der Waals surface area (Å²) in [5.41, 5.74) is 2.35. The molecule has 2 rings (SSSR count). The first-order valence-corrected chi connectivity index (χ1v) is 7.01. The maximum Gasteiger partial charge on any atom is 0.258 e. The van der Waals surface area contributed by atoms with Gasteiger partial charge in [0.15, 0.2) is 0 Å². The van der Waals surface area contributed by atoms with Gasteiger partial charge in [0.05, 0.1) is 12.8 Å². The van der Waals surface area contributed by atoms with Crippen LogP contribution in [0, 0.1) is 6.92 Å². The number of benzene rings is 2. The fourth-order valence-electron chi connectivity index (χ4n) is 2.04. The van der Waals surface area contributed by atoms with Crippen LogP contribution in [0.3, 0.4) is 0 Å². The van der Waals surface area contributed by atoms with E-state index in [1.54, 1.807) is 19.1 Å². The molecule has 1 amide bonds. The molecule has 0 unspecified atom stereocenters. The summed E-state index contributed by atoms with van der Waals surface area (Å²) in [5.74, 6) is 0.615. The average molecular weight is 334 g/mol. The molecule has 0 aliphatic carbocycles. The van der Waals surface area contributed by atoms with E-state index < -0.39 is 0 Å². The molecule has 0 saturated carbocycles. The van der Waals surface area contributed by atoms with Crippen LogP contribution in [0.4, 0.5) is 5.69 Å². The van der Waals surface area contributed by atoms with Crippen LogP contribution < -0.4 is 9.64 Å². The number of para-hydroxylation sites is 2. The minimum Gasteiger partial charge on any atom is -0.495 e. The fourth-order valence-corrected chi connectivity index (χ4v) is 2.40. The first kappa shape index (κ1) is 14.6. The average Bonchev–Trinajstić information content (AvgIpc) is 2.48. The van der Waals surface area contributed by atoms with Gasteiger partial charge in [0.2, 0.25) is 0 Å². The number of methoxy groups -OCH3 is 1. The lowest BCUT2D eigenvalue weighted by atomic mass is 10.1. The van der Waals surface area contributed by atoms with Gasteiger partial charge in [-0.3, -0.25) is 4.79 Å². The smallest absolute Gasteiger partial charge is 0.258 e. The van der Waals surface area contributed by atoms with Crippen LogP contribution in [0.2, 0.25) is 0 Å². The number of hydrogen-bond donors (Lipinski definition) is 0. The van der Waals surface area contributed by atoms with Gasteiger partial charge in [-0.15, -0.1) is 0 Å². The van der Waals surface area contributed by atoms with Crippen LogP contribution >= 0.6 is 15.9 Å². The molecule has 104 valence electrons. The molecule has 0 atom stereocenters. The molecule has 2 aromatic rings. The lowest BCUT2D eigenvalue weighted by molar-refractivity contribution is 0.0991. The largest absolute Gasteiger partial charge is 0.495 e. The van der Waals surface area contributed by atoms with Crippen molar-refractivity contribution in [3.8, 4) is 5.75 Å². The summed E-state index contributed by atoms with van der Waals surface area (Å²) in [6, 6.07) is 13.1. The molecular formula is C16H16BrNO2. The van der Waals surface area contributed by atoms with Gasteiger partial charge in [0, 0.05) is 17.1 Å². The molecular weight excluding hydrogens is 318 g/mol. The quantitative estimate of drug-likeness (QED) is 0.848. The van der Waals surface area contributed by atoms with Crippen molar-refractivity contribution in [3.05, 3.63) is 58.1 Å². The third kappa shape index (κ3) is 2.70. The van der Waals surface area contributed by atoms with Gasteiger partial charge in [-0.05, 0) is 36.8 Å². The zero-order valence-electron chi connectivity index (χ0n) is 11.7. The Morgan fingerprint density at radius 1 is 1.15 bits per heavy atom. The van der Waals surface area contributed by atoms with Crippen LogP contribution in [0.15, 0.2) is 46.9 Å². The Labute approximate surface area is 127 Å². The minimum atomic E-state index is -0.0618. The van der Waals surface area contributed by atoms with E-state index in [0.717, 1.165) is 15.7 Å². The van der Waals surface area contributed by atoms with E-state index in [-0.39, 0.29) is 5.91 Å². The van der Waals surface area contributed by atoms with E-state index in [0.29, 0.717) is 11.3 Å². The predicted octanol–water partition coefficient (Wildman–Crippen LogP) is 4.04. The second kappa shape index (κ2) is 6.09. The van der Waals surface area contributed by atoms with Crippen LogP contribution in [0.5, 0.6) is 5.75 Å². The molecule has 3 nitrogen and oxygen atoms in total. The molecule has 0 radical (unpaired) electrons. The molecule has 2 aromatic carbocycles. The molecule has 0 heterocycles. The SMILES string of the molecule is COc1ccccc1N(C)C(=O)c1cccc(Br)c1C. The second-order valence-corrected chi connectivity index (χ2v) is 5.30. The van der Waals surface area contributed by atoms with Crippen LogP contribution in [-0.2, 0) is 0 Å². The molecule has 0 aromatic heterocycles. The summed E-state index contributed by atoms with van der Waals surface area (Å²) >= 11 is 3.45. The third-order valence-corrected chi connectivity index (χ3v) is 4.11. The zero-order chi connectivity index (χ0) is 14.7. The van der Waals surface area contributed by atoms with Crippen molar-refractivity contribution in [3.63, 3.8) is 0 Å². The van der Waals surface area contributed by atoms with Gasteiger partial charge < -0.3 is 9.64 Å². The van der Waals surface area contributed by atoms with Crippen molar-refractivity contribution in [1.29, 1.82) is 0 Å². The fraction of sp³-hybridized carbons (Fsp3) is 0.188. The first-order chi connectivity index (χ1) is 9.56. The van der Waals surface area contributed by atoms with Gasteiger partial charge in [-0.2, -0.15) is 0 Å². The number of halogens is 1. The van der Waals surface area contributed by atoms with Crippen molar-refractivity contribution in [1.82, 2.24) is 0 Å². The molecule has 0 spiro atoms. The lowest BCUT2D eigenvalue weighted by Crippen LogP contribution is -2.27. The maximum atomic E-state index is 12.6. The number of rotatable bonds is 3. The Balaban J connectivity index is 2.40. The summed E-state index contributed by atoms with van der Waals surface area (Å²) in [5, 5.41) is 0. The van der Waals surface area contributed by atoms with Crippen molar-refractivity contribution >= 4 is 27.5 Å². The monoisotopic (exact) mass is 333 g/mol. The Kier molecular flexibility index (Phi) is 4.45. The first-order valence-electron chi connectivity index (χ1n) is 6.22. The minimum absolute atomic E-state index is 0.0618. The van der Waals surface area contributed by atoms with Gasteiger partial charge in [0.25, 0.3) is 5.91 Å². The Morgan fingerprint density at radius 3 is 2.55 bits per heavy atom. The molecule has 0 saturated heterocycles. The highest BCUT2D eigenvalue weighted by Crippen LogP contribution is 2.29. The molecule has 0 bridgehead atoms. The van der Waals surface area contributed by atoms with Crippen LogP contribution in [0.1, 0.15) is 15.9 Å². The van der Waals surface area contributed by atoms with Gasteiger partial charge in [-0.25, -0.2) is 0 Å². The van der Waals surface area contributed by atoms with E-state index in [9.17, 15) is 4.79 Å². The summed E-state index contributed by atoms with van der Waals surface area (Å²) in [4.78, 5) is 14.2. The highest BCUT2D eigenvalue weighted by atomic mass is 79.9. The Morgan fingerprint density at radius 2 is 1.85 bits per heavy atom. The number of ether oxygens (including phenoxy) is 1. The molecule has 0 N–H and O–H groups in total. The summed E-state index contributed by atoms with van der Waals surface area (Å²) in [7, 11) is 3.35. The molecule has 20 heavy (non-hydrogen) atoms. The lowest BCUT2D eigenvalue weighted by Gasteiger charge is -2.21. The Bertz CT molecular complexity index is 640. The van der Waals surface area contributed by atoms with Gasteiger partial charge in [0.1, 0.15) is 5.75 Å². The van der Waals surface area contributed by atoms with E-state index in [2.05, 4.69) is 15.9 Å². The number of carbonyl (C=O) groups is 1. The topological polar surface area (TPSA) is 29.5 Å². The zero-order valence-corrected chi connectivity index (χ0v) is 13.3. The van der Waals surface area contributed by atoms with E-state index in [4.69, 9.17) is 4.74 Å². The van der Waals surface area contributed by atoms with E-state index in [1.807, 2.05) is 49.4 Å². The number of carbonyl (C=O) groups excluding carboxylic acids is 1. The standard InChI is InChI=1S/C16H16BrNO2/c1-11-12(7-6-8-13(11)17)16(19)18(2)14-9-4-5-10-15(14)20-3/h4-10H,1-3H3. The van der Waals surface area contributed by atoms with Gasteiger partial charge in [-0.1, -0.05) is 34.1 Å². The number of hydrogen-bond acceptors (Lipinski definition) is 2. The van der Waals surface area contributed by atoms with Crippen molar-refractivity contribution in [2.45, 2.75) is 6.92 Å². The maximum absolute atomic E-state index is 12.6. The summed E-state index contributed by atoms with van der Waals surface area (Å²) in [6.07, 6.45) is 0. The summed E-state index contributed by atoms with van der Waals surface area (Å²) < 4.78 is 6.23.